The predicted octanol–water partition coefficient (Wildman–Crippen LogP) is 4.47. The molecule has 9 heteroatoms. The van der Waals surface area contributed by atoms with Gasteiger partial charge in [0, 0.05) is 52.7 Å². The van der Waals surface area contributed by atoms with Crippen molar-refractivity contribution in [2.24, 2.45) is 0 Å². The molecule has 3 N–H and O–H groups in total. The van der Waals surface area contributed by atoms with Gasteiger partial charge in [0.25, 0.3) is 0 Å². The maximum absolute atomic E-state index is 11.5. The van der Waals surface area contributed by atoms with Crippen molar-refractivity contribution < 1.29 is 24.0 Å². The highest BCUT2D eigenvalue weighted by Gasteiger charge is 2.01. The van der Waals surface area contributed by atoms with Gasteiger partial charge in [-0.2, -0.15) is 0 Å². The van der Waals surface area contributed by atoms with Crippen LogP contribution in [-0.4, -0.2) is 48.9 Å². The van der Waals surface area contributed by atoms with Crippen molar-refractivity contribution in [2.45, 2.75) is 112 Å². The van der Waals surface area contributed by atoms with Crippen LogP contribution in [0.4, 0.5) is 0 Å². The van der Waals surface area contributed by atoms with Crippen molar-refractivity contribution in [3.63, 3.8) is 0 Å². The highest BCUT2D eigenvalue weighted by Crippen LogP contribution is 2.01. The van der Waals surface area contributed by atoms with Crippen LogP contribution in [0.3, 0.4) is 0 Å². The van der Waals surface area contributed by atoms with E-state index in [0.717, 1.165) is 64.3 Å². The fraction of sp³-hybridized carbons (Fsp3) is 0.800. The molecule has 34 heavy (non-hydrogen) atoms. The third-order valence-electron chi connectivity index (χ3n) is 4.56. The van der Waals surface area contributed by atoms with E-state index in [1.54, 1.807) is 13.8 Å². The maximum atomic E-state index is 11.5. The van der Waals surface area contributed by atoms with E-state index in [0.29, 0.717) is 32.4 Å². The van der Waals surface area contributed by atoms with E-state index in [1.165, 1.54) is 13.8 Å². The largest absolute Gasteiger partial charge is 0.356 e. The molecule has 0 aliphatic carbocycles. The number of carbonyl (C=O) groups excluding carboxylic acids is 5. The van der Waals surface area contributed by atoms with E-state index in [9.17, 15) is 24.0 Å². The van der Waals surface area contributed by atoms with E-state index >= 15 is 0 Å². The molecule has 0 radical (unpaired) electrons. The Kier molecular flexibility index (Phi) is 34.4. The summed E-state index contributed by atoms with van der Waals surface area (Å²) in [6, 6.07) is 0. The Bertz CT molecular complexity index is 511. The van der Waals surface area contributed by atoms with Crippen LogP contribution in [0.15, 0.2) is 0 Å². The number of Topliss-reactive ketones (excluding diaryl/α,β-unsaturated/α-hetero) is 2. The van der Waals surface area contributed by atoms with Crippen molar-refractivity contribution in [3.8, 4) is 0 Å². The Balaban J connectivity index is -0.000000279. The van der Waals surface area contributed by atoms with Gasteiger partial charge in [0.2, 0.25) is 17.7 Å². The molecule has 0 atom stereocenters. The molecular weight excluding hydrogens is 549 g/mol. The molecule has 0 saturated heterocycles. The highest BCUT2D eigenvalue weighted by molar-refractivity contribution is 14.0. The first-order valence-electron chi connectivity index (χ1n) is 11.9. The highest BCUT2D eigenvalue weighted by atomic mass is 127. The standard InChI is InChI=1S/C15H28N2O3.C9H17NO2.CH4.HI/c1-13(18)9-5-3-8-12-17-15(20)10-6-4-7-11-16-14(2)19;1-8(11)6-4-3-5-7-10-9(2)12;;/h3-12H2,1-2H3,(H,16,19)(H,17,20);3-7H2,1-2H3,(H,10,12);1H4;1H. The van der Waals surface area contributed by atoms with Crippen LogP contribution in [0, 0.1) is 0 Å². The van der Waals surface area contributed by atoms with E-state index in [2.05, 4.69) is 16.0 Å². The molecule has 8 nitrogen and oxygen atoms in total. The summed E-state index contributed by atoms with van der Waals surface area (Å²) in [6.45, 7) is 8.34. The average molecular weight is 600 g/mol. The second kappa shape index (κ2) is 29.5. The van der Waals surface area contributed by atoms with Crippen molar-refractivity contribution in [1.29, 1.82) is 0 Å². The molecule has 0 heterocycles. The van der Waals surface area contributed by atoms with Gasteiger partial charge in [0.15, 0.2) is 0 Å². The van der Waals surface area contributed by atoms with Gasteiger partial charge >= 0.3 is 0 Å². The Labute approximate surface area is 224 Å². The Morgan fingerprint density at radius 1 is 0.471 bits per heavy atom. The number of amides is 3. The van der Waals surface area contributed by atoms with Gasteiger partial charge in [-0.05, 0) is 52.4 Å². The van der Waals surface area contributed by atoms with Gasteiger partial charge in [0.1, 0.15) is 11.6 Å². The lowest BCUT2D eigenvalue weighted by Crippen LogP contribution is -2.24. The second-order valence-electron chi connectivity index (χ2n) is 8.15. The van der Waals surface area contributed by atoms with Crippen molar-refractivity contribution in [1.82, 2.24) is 16.0 Å². The van der Waals surface area contributed by atoms with Gasteiger partial charge in [-0.15, -0.1) is 24.0 Å². The summed E-state index contributed by atoms with van der Waals surface area (Å²) in [4.78, 5) is 53.8. The average Bonchev–Trinajstić information content (AvgIpc) is 2.69. The number of hydrogen-bond donors (Lipinski definition) is 3. The quantitative estimate of drug-likeness (QED) is 0.159. The molecule has 0 bridgehead atoms. The second-order valence-corrected chi connectivity index (χ2v) is 8.15. The van der Waals surface area contributed by atoms with Crippen LogP contribution in [0.5, 0.6) is 0 Å². The van der Waals surface area contributed by atoms with Gasteiger partial charge < -0.3 is 25.5 Å². The Morgan fingerprint density at radius 2 is 0.794 bits per heavy atom. The Hall–Kier alpha value is -1.52. The molecule has 0 aromatic rings. The summed E-state index contributed by atoms with van der Waals surface area (Å²) >= 11 is 0. The first kappa shape index (κ1) is 39.7. The lowest BCUT2D eigenvalue weighted by Gasteiger charge is -2.05. The molecule has 0 spiro atoms. The van der Waals surface area contributed by atoms with Gasteiger partial charge in [0.05, 0.1) is 0 Å². The zero-order chi connectivity index (χ0) is 24.6. The summed E-state index contributed by atoms with van der Waals surface area (Å²) < 4.78 is 0. The molecule has 0 fully saturated rings. The van der Waals surface area contributed by atoms with E-state index in [-0.39, 0.29) is 60.7 Å². The lowest BCUT2D eigenvalue weighted by atomic mass is 10.1. The molecule has 0 unspecified atom stereocenters. The first-order chi connectivity index (χ1) is 15.1. The summed E-state index contributed by atoms with van der Waals surface area (Å²) in [5, 5.41) is 8.33. The molecule has 0 aromatic heterocycles. The predicted molar refractivity (Wildman–Crippen MR) is 149 cm³/mol. The van der Waals surface area contributed by atoms with Gasteiger partial charge in [-0.25, -0.2) is 0 Å². The fourth-order valence-corrected chi connectivity index (χ4v) is 2.78. The number of carbonyl (C=O) groups is 5. The number of unbranched alkanes of at least 4 members (excludes halogenated alkanes) is 6. The summed E-state index contributed by atoms with van der Waals surface area (Å²) in [5.74, 6) is 0.577. The Morgan fingerprint density at radius 3 is 1.12 bits per heavy atom. The molecule has 0 saturated carbocycles. The molecular formula is C25H50IN3O5. The first-order valence-corrected chi connectivity index (χ1v) is 11.9. The third kappa shape index (κ3) is 40.8. The SMILES string of the molecule is C.CC(=O)CCCCCNC(=O)CCCCCNC(C)=O.CC(=O)CCCCCNC(C)=O.I. The normalized spacial score (nSPS) is 9.29. The summed E-state index contributed by atoms with van der Waals surface area (Å²) in [6.07, 6.45) is 10.3. The summed E-state index contributed by atoms with van der Waals surface area (Å²) in [7, 11) is 0. The van der Waals surface area contributed by atoms with E-state index in [4.69, 9.17) is 0 Å². The molecule has 0 aliphatic heterocycles. The van der Waals surface area contributed by atoms with E-state index < -0.39 is 0 Å². The van der Waals surface area contributed by atoms with Crippen LogP contribution in [0.2, 0.25) is 0 Å². The minimum atomic E-state index is -0.00693. The lowest BCUT2D eigenvalue weighted by molar-refractivity contribution is -0.121. The van der Waals surface area contributed by atoms with Crippen LogP contribution >= 0.6 is 24.0 Å². The zero-order valence-electron chi connectivity index (χ0n) is 21.1. The molecule has 202 valence electrons. The molecule has 0 rings (SSSR count). The van der Waals surface area contributed by atoms with Crippen LogP contribution in [0.25, 0.3) is 0 Å². The topological polar surface area (TPSA) is 121 Å². The van der Waals surface area contributed by atoms with Crippen LogP contribution in [0.1, 0.15) is 112 Å². The zero-order valence-corrected chi connectivity index (χ0v) is 23.4. The molecule has 0 aromatic carbocycles. The fourth-order valence-electron chi connectivity index (χ4n) is 2.78. The number of halogens is 1. The monoisotopic (exact) mass is 599 g/mol. The number of nitrogens with one attached hydrogen (secondary N) is 3. The van der Waals surface area contributed by atoms with Crippen molar-refractivity contribution in [2.75, 3.05) is 19.6 Å². The van der Waals surface area contributed by atoms with Crippen molar-refractivity contribution >= 4 is 53.3 Å². The van der Waals surface area contributed by atoms with Gasteiger partial charge in [-0.1, -0.05) is 26.7 Å². The number of ketones is 2. The van der Waals surface area contributed by atoms with Gasteiger partial charge in [-0.3, -0.25) is 14.4 Å². The smallest absolute Gasteiger partial charge is 0.219 e. The maximum Gasteiger partial charge on any atom is 0.219 e. The number of rotatable bonds is 18. The molecule has 3 amide bonds. The minimum Gasteiger partial charge on any atom is -0.356 e. The minimum absolute atomic E-state index is 0. The van der Waals surface area contributed by atoms with Crippen LogP contribution in [-0.2, 0) is 24.0 Å². The van der Waals surface area contributed by atoms with E-state index in [1.807, 2.05) is 0 Å². The summed E-state index contributed by atoms with van der Waals surface area (Å²) in [5.41, 5.74) is 0. The molecule has 0 aliphatic rings. The number of hydrogen-bond acceptors (Lipinski definition) is 5. The van der Waals surface area contributed by atoms with Crippen LogP contribution < -0.4 is 16.0 Å². The van der Waals surface area contributed by atoms with Crippen molar-refractivity contribution in [3.05, 3.63) is 0 Å². The third-order valence-corrected chi connectivity index (χ3v) is 4.56.